The second-order valence-corrected chi connectivity index (χ2v) is 6.70. The first-order valence-electron chi connectivity index (χ1n) is 5.65. The van der Waals surface area contributed by atoms with E-state index in [1.165, 1.54) is 24.2 Å². The summed E-state index contributed by atoms with van der Waals surface area (Å²) >= 11 is 2.10. The van der Waals surface area contributed by atoms with Crippen molar-refractivity contribution in [1.82, 2.24) is 10.3 Å². The van der Waals surface area contributed by atoms with Gasteiger partial charge in [0.05, 0.1) is 0 Å². The summed E-state index contributed by atoms with van der Waals surface area (Å²) in [5.41, 5.74) is 1.35. The van der Waals surface area contributed by atoms with Gasteiger partial charge < -0.3 is 10.3 Å². The van der Waals surface area contributed by atoms with Crippen LogP contribution < -0.4 is 5.32 Å². The molecule has 0 radical (unpaired) electrons. The lowest BCUT2D eigenvalue weighted by Gasteiger charge is -2.35. The summed E-state index contributed by atoms with van der Waals surface area (Å²) in [6, 6.07) is 2.83. The fraction of sp³-hybridized carbons (Fsp3) is 0.667. The van der Waals surface area contributed by atoms with E-state index in [-0.39, 0.29) is 0 Å². The first-order valence-corrected chi connectivity index (χ1v) is 6.63. The number of H-pyrrole nitrogens is 1. The summed E-state index contributed by atoms with van der Waals surface area (Å²) in [7, 11) is 0. The van der Waals surface area contributed by atoms with E-state index in [9.17, 15) is 0 Å². The van der Waals surface area contributed by atoms with Gasteiger partial charge in [-0.15, -0.1) is 0 Å². The first-order chi connectivity index (χ1) is 7.16. The molecule has 0 saturated carbocycles. The van der Waals surface area contributed by atoms with Crippen molar-refractivity contribution in [2.75, 3.05) is 5.75 Å². The molecule has 3 heteroatoms. The van der Waals surface area contributed by atoms with Crippen LogP contribution >= 0.6 is 11.8 Å². The quantitative estimate of drug-likeness (QED) is 0.826. The summed E-state index contributed by atoms with van der Waals surface area (Å²) in [4.78, 5) is 3.09. The van der Waals surface area contributed by atoms with Crippen LogP contribution in [0.2, 0.25) is 0 Å². The van der Waals surface area contributed by atoms with E-state index in [4.69, 9.17) is 0 Å². The molecule has 0 bridgehead atoms. The summed E-state index contributed by atoms with van der Waals surface area (Å²) in [5.74, 6) is 1.29. The van der Waals surface area contributed by atoms with Crippen LogP contribution in [0.4, 0.5) is 0 Å². The summed E-state index contributed by atoms with van der Waals surface area (Å²) in [5, 5.41) is 3.65. The molecule has 2 heterocycles. The minimum Gasteiger partial charge on any atom is -0.367 e. The molecule has 0 spiro atoms. The van der Waals surface area contributed by atoms with Crippen molar-refractivity contribution in [2.24, 2.45) is 0 Å². The van der Waals surface area contributed by atoms with Gasteiger partial charge in [0, 0.05) is 29.7 Å². The maximum Gasteiger partial charge on any atom is 0.0223 e. The average molecular weight is 224 g/mol. The Morgan fingerprint density at radius 2 is 2.47 bits per heavy atom. The van der Waals surface area contributed by atoms with Crippen LogP contribution in [0.15, 0.2) is 18.5 Å². The fourth-order valence-electron chi connectivity index (χ4n) is 2.14. The lowest BCUT2D eigenvalue weighted by Crippen LogP contribution is -2.38. The molecule has 15 heavy (non-hydrogen) atoms. The Bertz CT molecular complexity index is 293. The summed E-state index contributed by atoms with van der Waals surface area (Å²) < 4.78 is 0.452. The molecule has 2 N–H and O–H groups in total. The molecule has 0 aromatic carbocycles. The van der Waals surface area contributed by atoms with Crippen molar-refractivity contribution >= 4 is 11.8 Å². The molecule has 1 aromatic heterocycles. The third kappa shape index (κ3) is 3.28. The van der Waals surface area contributed by atoms with Crippen LogP contribution in [-0.4, -0.2) is 21.5 Å². The third-order valence-electron chi connectivity index (χ3n) is 2.95. The highest BCUT2D eigenvalue weighted by molar-refractivity contribution is 8.00. The Morgan fingerprint density at radius 3 is 3.13 bits per heavy atom. The predicted octanol–water partition coefficient (Wildman–Crippen LogP) is 2.78. The van der Waals surface area contributed by atoms with Crippen molar-refractivity contribution in [3.63, 3.8) is 0 Å². The van der Waals surface area contributed by atoms with Crippen LogP contribution in [0.5, 0.6) is 0 Å². The van der Waals surface area contributed by atoms with Gasteiger partial charge in [0.25, 0.3) is 0 Å². The number of hydrogen-bond donors (Lipinski definition) is 2. The van der Waals surface area contributed by atoms with E-state index in [0.717, 1.165) is 6.54 Å². The van der Waals surface area contributed by atoms with Gasteiger partial charge in [-0.3, -0.25) is 0 Å². The lowest BCUT2D eigenvalue weighted by atomic mass is 10.00. The molecule has 1 unspecified atom stereocenters. The van der Waals surface area contributed by atoms with E-state index in [2.05, 4.69) is 48.2 Å². The molecule has 84 valence electrons. The smallest absolute Gasteiger partial charge is 0.0223 e. The molecule has 0 amide bonds. The molecule has 1 aliphatic heterocycles. The second-order valence-electron chi connectivity index (χ2n) is 4.90. The van der Waals surface area contributed by atoms with Gasteiger partial charge in [-0.2, -0.15) is 11.8 Å². The normalized spacial score (nSPS) is 25.3. The summed E-state index contributed by atoms with van der Waals surface area (Å²) in [6.45, 7) is 5.69. The molecule has 2 nitrogen and oxygen atoms in total. The van der Waals surface area contributed by atoms with Gasteiger partial charge in [-0.25, -0.2) is 0 Å². The largest absolute Gasteiger partial charge is 0.367 e. The monoisotopic (exact) mass is 224 g/mol. The van der Waals surface area contributed by atoms with Crippen molar-refractivity contribution < 1.29 is 0 Å². The number of aromatic nitrogens is 1. The van der Waals surface area contributed by atoms with Crippen molar-refractivity contribution in [3.05, 3.63) is 24.0 Å². The Morgan fingerprint density at radius 1 is 1.60 bits per heavy atom. The van der Waals surface area contributed by atoms with Crippen molar-refractivity contribution in [2.45, 2.75) is 44.0 Å². The Labute approximate surface area is 96.2 Å². The highest BCUT2D eigenvalue weighted by Crippen LogP contribution is 2.35. The molecule has 1 aliphatic rings. The summed E-state index contributed by atoms with van der Waals surface area (Å²) in [6.07, 6.45) is 6.63. The Balaban J connectivity index is 1.80. The Kier molecular flexibility index (Phi) is 3.42. The molecule has 0 aliphatic carbocycles. The topological polar surface area (TPSA) is 27.8 Å². The van der Waals surface area contributed by atoms with Crippen molar-refractivity contribution in [3.8, 4) is 0 Å². The van der Waals surface area contributed by atoms with Crippen LogP contribution in [0.25, 0.3) is 0 Å². The Hall–Kier alpha value is -0.410. The van der Waals surface area contributed by atoms with Crippen LogP contribution in [0, 0.1) is 0 Å². The first kappa shape index (κ1) is 11.1. The maximum atomic E-state index is 3.65. The fourth-order valence-corrected chi connectivity index (χ4v) is 3.41. The van der Waals surface area contributed by atoms with Gasteiger partial charge in [0.2, 0.25) is 0 Å². The van der Waals surface area contributed by atoms with Gasteiger partial charge in [0.1, 0.15) is 0 Å². The van der Waals surface area contributed by atoms with Crippen LogP contribution in [-0.2, 0) is 6.54 Å². The predicted molar refractivity (Wildman–Crippen MR) is 67.2 cm³/mol. The van der Waals surface area contributed by atoms with Gasteiger partial charge in [-0.1, -0.05) is 13.8 Å². The number of hydrogen-bond acceptors (Lipinski definition) is 2. The molecule has 1 fully saturated rings. The zero-order chi connectivity index (χ0) is 10.7. The number of nitrogens with one attached hydrogen (secondary N) is 2. The minimum absolute atomic E-state index is 0.452. The van der Waals surface area contributed by atoms with Gasteiger partial charge in [-0.05, 0) is 30.2 Å². The SMILES string of the molecule is CC1(C)CC(NCc2cc[nH]c2)CCS1. The van der Waals surface area contributed by atoms with Gasteiger partial charge in [0.15, 0.2) is 0 Å². The van der Waals surface area contributed by atoms with Crippen LogP contribution in [0.1, 0.15) is 32.3 Å². The molecule has 1 aromatic rings. The third-order valence-corrected chi connectivity index (χ3v) is 4.34. The molecule has 2 rings (SSSR count). The zero-order valence-corrected chi connectivity index (χ0v) is 10.4. The van der Waals surface area contributed by atoms with E-state index in [0.29, 0.717) is 10.8 Å². The van der Waals surface area contributed by atoms with E-state index < -0.39 is 0 Å². The molecular formula is C12H20N2S. The zero-order valence-electron chi connectivity index (χ0n) is 9.55. The standard InChI is InChI=1S/C12H20N2S/c1-12(2)7-11(4-6-15-12)14-9-10-3-5-13-8-10/h3,5,8,11,13-14H,4,6-7,9H2,1-2H3. The maximum absolute atomic E-state index is 3.65. The van der Waals surface area contributed by atoms with E-state index in [1.54, 1.807) is 0 Å². The van der Waals surface area contributed by atoms with Gasteiger partial charge >= 0.3 is 0 Å². The minimum atomic E-state index is 0.452. The van der Waals surface area contributed by atoms with E-state index >= 15 is 0 Å². The molecule has 1 saturated heterocycles. The molecular weight excluding hydrogens is 204 g/mol. The lowest BCUT2D eigenvalue weighted by molar-refractivity contribution is 0.416. The number of aromatic amines is 1. The number of thioether (sulfide) groups is 1. The van der Waals surface area contributed by atoms with E-state index in [1.807, 2.05) is 6.20 Å². The number of rotatable bonds is 3. The second kappa shape index (κ2) is 4.62. The average Bonchev–Trinajstić information content (AvgIpc) is 2.65. The highest BCUT2D eigenvalue weighted by atomic mass is 32.2. The molecule has 1 atom stereocenters. The van der Waals surface area contributed by atoms with Crippen LogP contribution in [0.3, 0.4) is 0 Å². The van der Waals surface area contributed by atoms with Crippen molar-refractivity contribution in [1.29, 1.82) is 0 Å². The highest BCUT2D eigenvalue weighted by Gasteiger charge is 2.27.